The Kier molecular flexibility index (Phi) is 2.22. The minimum absolute atomic E-state index is 0.176. The first-order valence-electron chi connectivity index (χ1n) is 3.82. The molecule has 0 aromatic heterocycles. The van der Waals surface area contributed by atoms with Crippen LogP contribution >= 0.6 is 0 Å². The number of ether oxygens (including phenoxy) is 1. The highest BCUT2D eigenvalue weighted by atomic mass is 16.5. The molecule has 0 fully saturated rings. The summed E-state index contributed by atoms with van der Waals surface area (Å²) in [5, 5.41) is 9.51. The fraction of sp³-hybridized carbons (Fsp3) is 0.556. The molecule has 2 atom stereocenters. The summed E-state index contributed by atoms with van der Waals surface area (Å²) in [4.78, 5) is 0. The average molecular weight is 154 g/mol. The molecule has 0 saturated heterocycles. The Morgan fingerprint density at radius 2 is 2.09 bits per heavy atom. The Morgan fingerprint density at radius 3 is 2.64 bits per heavy atom. The van der Waals surface area contributed by atoms with Crippen LogP contribution in [0.2, 0.25) is 0 Å². The molecule has 1 rings (SSSR count). The molecule has 1 aliphatic carbocycles. The van der Waals surface area contributed by atoms with Crippen LogP contribution in [-0.4, -0.2) is 12.2 Å². The van der Waals surface area contributed by atoms with E-state index in [1.54, 1.807) is 7.11 Å². The highest BCUT2D eigenvalue weighted by molar-refractivity contribution is 5.23. The predicted octanol–water partition coefficient (Wildman–Crippen LogP) is 2.24. The monoisotopic (exact) mass is 154 g/mol. The van der Waals surface area contributed by atoms with Gasteiger partial charge >= 0.3 is 0 Å². The van der Waals surface area contributed by atoms with Gasteiger partial charge in [0.2, 0.25) is 0 Å². The molecule has 0 heterocycles. The minimum atomic E-state index is 0.176. The lowest BCUT2D eigenvalue weighted by molar-refractivity contribution is 0.225. The SMILES string of the molecule is COC1=C(O)C(C)C(C)C=C1. The second-order valence-corrected chi connectivity index (χ2v) is 2.96. The van der Waals surface area contributed by atoms with E-state index in [0.717, 1.165) is 0 Å². The Balaban J connectivity index is 2.87. The first kappa shape index (κ1) is 8.18. The van der Waals surface area contributed by atoms with Crippen molar-refractivity contribution in [1.29, 1.82) is 0 Å². The molecule has 1 N–H and O–H groups in total. The van der Waals surface area contributed by atoms with Gasteiger partial charge in [0, 0.05) is 5.92 Å². The fourth-order valence-electron chi connectivity index (χ4n) is 1.14. The zero-order valence-corrected chi connectivity index (χ0v) is 7.16. The van der Waals surface area contributed by atoms with Crippen molar-refractivity contribution in [1.82, 2.24) is 0 Å². The maximum atomic E-state index is 9.51. The van der Waals surface area contributed by atoms with Crippen LogP contribution < -0.4 is 0 Å². The van der Waals surface area contributed by atoms with Gasteiger partial charge in [-0.1, -0.05) is 19.9 Å². The second-order valence-electron chi connectivity index (χ2n) is 2.96. The molecule has 1 aliphatic rings. The molecule has 62 valence electrons. The van der Waals surface area contributed by atoms with Crippen molar-refractivity contribution in [3.8, 4) is 0 Å². The summed E-state index contributed by atoms with van der Waals surface area (Å²) in [7, 11) is 1.57. The first-order valence-corrected chi connectivity index (χ1v) is 3.82. The third-order valence-electron chi connectivity index (χ3n) is 2.24. The van der Waals surface area contributed by atoms with Crippen LogP contribution in [0.3, 0.4) is 0 Å². The molecule has 2 heteroatoms. The summed E-state index contributed by atoms with van der Waals surface area (Å²) in [6.45, 7) is 4.06. The summed E-state index contributed by atoms with van der Waals surface area (Å²) in [6.07, 6.45) is 3.86. The number of aliphatic hydroxyl groups excluding tert-OH is 1. The van der Waals surface area contributed by atoms with Gasteiger partial charge in [0.15, 0.2) is 5.76 Å². The van der Waals surface area contributed by atoms with E-state index < -0.39 is 0 Å². The van der Waals surface area contributed by atoms with Gasteiger partial charge in [0.25, 0.3) is 0 Å². The highest BCUT2D eigenvalue weighted by Gasteiger charge is 2.21. The Morgan fingerprint density at radius 1 is 1.45 bits per heavy atom. The molecule has 0 spiro atoms. The summed E-state index contributed by atoms with van der Waals surface area (Å²) in [5.41, 5.74) is 0. The Bertz CT molecular complexity index is 204. The van der Waals surface area contributed by atoms with Crippen molar-refractivity contribution in [2.24, 2.45) is 11.8 Å². The summed E-state index contributed by atoms with van der Waals surface area (Å²) < 4.78 is 4.96. The molecular weight excluding hydrogens is 140 g/mol. The molecule has 0 aromatic rings. The molecule has 0 amide bonds. The smallest absolute Gasteiger partial charge is 0.156 e. The van der Waals surface area contributed by atoms with Crippen LogP contribution in [0.5, 0.6) is 0 Å². The summed E-state index contributed by atoms with van der Waals surface area (Å²) in [5.74, 6) is 1.53. The van der Waals surface area contributed by atoms with Crippen LogP contribution in [0.1, 0.15) is 13.8 Å². The molecular formula is C9H14O2. The number of rotatable bonds is 1. The number of hydrogen-bond acceptors (Lipinski definition) is 2. The van der Waals surface area contributed by atoms with E-state index in [2.05, 4.69) is 6.92 Å². The van der Waals surface area contributed by atoms with Crippen LogP contribution in [0.25, 0.3) is 0 Å². The number of methoxy groups -OCH3 is 1. The molecule has 0 aliphatic heterocycles. The lowest BCUT2D eigenvalue weighted by Crippen LogP contribution is -2.14. The van der Waals surface area contributed by atoms with Gasteiger partial charge < -0.3 is 9.84 Å². The van der Waals surface area contributed by atoms with E-state index in [1.807, 2.05) is 19.1 Å². The molecule has 0 bridgehead atoms. The van der Waals surface area contributed by atoms with Gasteiger partial charge in [0.05, 0.1) is 7.11 Å². The van der Waals surface area contributed by atoms with Gasteiger partial charge in [-0.05, 0) is 12.0 Å². The van der Waals surface area contributed by atoms with E-state index in [9.17, 15) is 5.11 Å². The van der Waals surface area contributed by atoms with Crippen LogP contribution in [0.4, 0.5) is 0 Å². The number of allylic oxidation sites excluding steroid dienone is 3. The van der Waals surface area contributed by atoms with Gasteiger partial charge in [-0.3, -0.25) is 0 Å². The lowest BCUT2D eigenvalue weighted by Gasteiger charge is -2.21. The van der Waals surface area contributed by atoms with Crippen molar-refractivity contribution in [3.63, 3.8) is 0 Å². The molecule has 2 unspecified atom stereocenters. The largest absolute Gasteiger partial charge is 0.508 e. The van der Waals surface area contributed by atoms with Crippen molar-refractivity contribution >= 4 is 0 Å². The van der Waals surface area contributed by atoms with Crippen molar-refractivity contribution in [2.75, 3.05) is 7.11 Å². The van der Waals surface area contributed by atoms with Gasteiger partial charge in [-0.2, -0.15) is 0 Å². The number of aliphatic hydroxyl groups is 1. The highest BCUT2D eigenvalue weighted by Crippen LogP contribution is 2.27. The topological polar surface area (TPSA) is 29.5 Å². The van der Waals surface area contributed by atoms with Crippen LogP contribution in [-0.2, 0) is 4.74 Å². The maximum Gasteiger partial charge on any atom is 0.156 e. The normalized spacial score (nSPS) is 30.8. The van der Waals surface area contributed by atoms with Crippen molar-refractivity contribution in [2.45, 2.75) is 13.8 Å². The van der Waals surface area contributed by atoms with Crippen LogP contribution in [0.15, 0.2) is 23.7 Å². The van der Waals surface area contributed by atoms with E-state index >= 15 is 0 Å². The lowest BCUT2D eigenvalue weighted by atomic mass is 9.89. The first-order chi connectivity index (χ1) is 5.16. The zero-order valence-electron chi connectivity index (χ0n) is 7.16. The van der Waals surface area contributed by atoms with Crippen LogP contribution in [0, 0.1) is 11.8 Å². The van der Waals surface area contributed by atoms with E-state index in [4.69, 9.17) is 4.74 Å². The zero-order chi connectivity index (χ0) is 8.43. The third-order valence-corrected chi connectivity index (χ3v) is 2.24. The average Bonchev–Trinajstić information content (AvgIpc) is 2.01. The quantitative estimate of drug-likeness (QED) is 0.627. The van der Waals surface area contributed by atoms with E-state index in [0.29, 0.717) is 17.4 Å². The number of hydrogen-bond donors (Lipinski definition) is 1. The molecule has 0 aromatic carbocycles. The summed E-state index contributed by atoms with van der Waals surface area (Å²) in [6, 6.07) is 0. The Hall–Kier alpha value is -0.920. The maximum absolute atomic E-state index is 9.51. The predicted molar refractivity (Wildman–Crippen MR) is 44.1 cm³/mol. The molecule has 0 saturated carbocycles. The van der Waals surface area contributed by atoms with E-state index in [-0.39, 0.29) is 5.92 Å². The fourth-order valence-corrected chi connectivity index (χ4v) is 1.14. The summed E-state index contributed by atoms with van der Waals surface area (Å²) >= 11 is 0. The van der Waals surface area contributed by atoms with Gasteiger partial charge in [-0.15, -0.1) is 0 Å². The van der Waals surface area contributed by atoms with Gasteiger partial charge in [0.1, 0.15) is 5.76 Å². The molecule has 11 heavy (non-hydrogen) atoms. The second kappa shape index (κ2) is 2.99. The van der Waals surface area contributed by atoms with E-state index in [1.165, 1.54) is 0 Å². The minimum Gasteiger partial charge on any atom is -0.508 e. The molecule has 0 radical (unpaired) electrons. The third kappa shape index (κ3) is 1.39. The molecule has 2 nitrogen and oxygen atoms in total. The standard InChI is InChI=1S/C9H14O2/c1-6-4-5-8(11-3)9(10)7(6)2/h4-7,10H,1-3H3. The Labute approximate surface area is 67.2 Å². The van der Waals surface area contributed by atoms with Crippen molar-refractivity contribution in [3.05, 3.63) is 23.7 Å². The van der Waals surface area contributed by atoms with Crippen molar-refractivity contribution < 1.29 is 9.84 Å². The van der Waals surface area contributed by atoms with Gasteiger partial charge in [-0.25, -0.2) is 0 Å².